The van der Waals surface area contributed by atoms with E-state index in [1.54, 1.807) is 12.1 Å². The second-order valence-corrected chi connectivity index (χ2v) is 3.59. The summed E-state index contributed by atoms with van der Waals surface area (Å²) in [5.74, 6) is -0.791. The molecule has 15 heavy (non-hydrogen) atoms. The van der Waals surface area contributed by atoms with Gasteiger partial charge in [-0.1, -0.05) is 11.3 Å². The summed E-state index contributed by atoms with van der Waals surface area (Å²) in [6.07, 6.45) is 2.27. The molecule has 5 heteroatoms. The maximum Gasteiger partial charge on any atom is 0.330 e. The van der Waals surface area contributed by atoms with Gasteiger partial charge in [0.15, 0.2) is 10.8 Å². The SMILES string of the molecule is COC(=O)/C=C/C(=O)c1ccc(OC)s1. The van der Waals surface area contributed by atoms with E-state index in [0.717, 1.165) is 6.08 Å². The molecule has 80 valence electrons. The van der Waals surface area contributed by atoms with Crippen LogP contribution < -0.4 is 4.74 Å². The smallest absolute Gasteiger partial charge is 0.330 e. The highest BCUT2D eigenvalue weighted by Crippen LogP contribution is 2.24. The number of carbonyl (C=O) groups is 2. The van der Waals surface area contributed by atoms with Crippen molar-refractivity contribution >= 4 is 23.1 Å². The van der Waals surface area contributed by atoms with E-state index in [4.69, 9.17) is 4.74 Å². The van der Waals surface area contributed by atoms with Crippen LogP contribution in [0.1, 0.15) is 9.67 Å². The van der Waals surface area contributed by atoms with Gasteiger partial charge in [0.05, 0.1) is 19.1 Å². The van der Waals surface area contributed by atoms with Gasteiger partial charge in [-0.05, 0) is 18.2 Å². The number of hydrogen-bond donors (Lipinski definition) is 0. The summed E-state index contributed by atoms with van der Waals surface area (Å²) in [5, 5.41) is 0.657. The molecule has 0 fully saturated rings. The first-order valence-corrected chi connectivity index (χ1v) is 4.93. The maximum absolute atomic E-state index is 11.5. The maximum atomic E-state index is 11.5. The Morgan fingerprint density at radius 3 is 2.53 bits per heavy atom. The summed E-state index contributed by atoms with van der Waals surface area (Å²) < 4.78 is 9.31. The van der Waals surface area contributed by atoms with Crippen LogP contribution in [-0.4, -0.2) is 26.0 Å². The van der Waals surface area contributed by atoms with Crippen LogP contribution in [0.4, 0.5) is 0 Å². The van der Waals surface area contributed by atoms with E-state index in [2.05, 4.69) is 4.74 Å². The lowest BCUT2D eigenvalue weighted by Gasteiger charge is -1.90. The minimum absolute atomic E-state index is 0.242. The fraction of sp³-hybridized carbons (Fsp3) is 0.200. The van der Waals surface area contributed by atoms with Crippen molar-refractivity contribution in [2.24, 2.45) is 0 Å². The first-order chi connectivity index (χ1) is 7.17. The molecule has 0 aromatic carbocycles. The Balaban J connectivity index is 2.69. The summed E-state index contributed by atoms with van der Waals surface area (Å²) in [6, 6.07) is 3.34. The summed E-state index contributed by atoms with van der Waals surface area (Å²) in [6.45, 7) is 0. The largest absolute Gasteiger partial charge is 0.487 e. The molecule has 0 radical (unpaired) electrons. The molecule has 0 saturated carbocycles. The lowest BCUT2D eigenvalue weighted by atomic mass is 10.3. The molecule has 0 aliphatic carbocycles. The second kappa shape index (κ2) is 5.31. The van der Waals surface area contributed by atoms with Crippen LogP contribution in [0.25, 0.3) is 0 Å². The highest BCUT2D eigenvalue weighted by atomic mass is 32.1. The third kappa shape index (κ3) is 3.21. The Morgan fingerprint density at radius 1 is 1.27 bits per heavy atom. The summed E-state index contributed by atoms with van der Waals surface area (Å²) in [7, 11) is 2.79. The van der Waals surface area contributed by atoms with Gasteiger partial charge in [-0.2, -0.15) is 0 Å². The lowest BCUT2D eigenvalue weighted by Crippen LogP contribution is -1.97. The van der Waals surface area contributed by atoms with E-state index < -0.39 is 5.97 Å². The Bertz CT molecular complexity index is 392. The molecular weight excluding hydrogens is 216 g/mol. The molecule has 1 heterocycles. The third-order valence-corrected chi connectivity index (χ3v) is 2.66. The van der Waals surface area contributed by atoms with Crippen molar-refractivity contribution in [2.45, 2.75) is 0 Å². The van der Waals surface area contributed by atoms with Crippen molar-refractivity contribution in [1.82, 2.24) is 0 Å². The average molecular weight is 226 g/mol. The molecule has 0 unspecified atom stereocenters. The molecule has 0 spiro atoms. The van der Waals surface area contributed by atoms with Gasteiger partial charge in [0, 0.05) is 6.08 Å². The summed E-state index contributed by atoms with van der Waals surface area (Å²) >= 11 is 1.23. The van der Waals surface area contributed by atoms with Gasteiger partial charge in [-0.25, -0.2) is 4.79 Å². The number of ether oxygens (including phenoxy) is 2. The fourth-order valence-electron chi connectivity index (χ4n) is 0.856. The third-order valence-electron chi connectivity index (χ3n) is 1.60. The molecule has 4 nitrogen and oxygen atoms in total. The van der Waals surface area contributed by atoms with Crippen LogP contribution in [0.5, 0.6) is 5.06 Å². The zero-order valence-corrected chi connectivity index (χ0v) is 9.17. The topological polar surface area (TPSA) is 52.6 Å². The Morgan fingerprint density at radius 2 is 2.00 bits per heavy atom. The molecule has 0 atom stereocenters. The highest BCUT2D eigenvalue weighted by molar-refractivity contribution is 7.15. The predicted molar refractivity (Wildman–Crippen MR) is 56.4 cm³/mol. The van der Waals surface area contributed by atoms with Crippen LogP contribution in [0.2, 0.25) is 0 Å². The predicted octanol–water partition coefficient (Wildman–Crippen LogP) is 1.67. The fourth-order valence-corrected chi connectivity index (χ4v) is 1.60. The molecule has 0 bridgehead atoms. The first kappa shape index (κ1) is 11.5. The first-order valence-electron chi connectivity index (χ1n) is 4.11. The zero-order valence-electron chi connectivity index (χ0n) is 8.35. The molecule has 0 saturated heterocycles. The van der Waals surface area contributed by atoms with Crippen LogP contribution in [0, 0.1) is 0 Å². The van der Waals surface area contributed by atoms with E-state index in [0.29, 0.717) is 9.94 Å². The van der Waals surface area contributed by atoms with Crippen molar-refractivity contribution in [2.75, 3.05) is 14.2 Å². The van der Waals surface area contributed by atoms with E-state index in [-0.39, 0.29) is 5.78 Å². The summed E-state index contributed by atoms with van der Waals surface area (Å²) in [5.41, 5.74) is 0. The molecule has 1 aromatic rings. The number of rotatable bonds is 4. The van der Waals surface area contributed by atoms with Gasteiger partial charge in [-0.15, -0.1) is 0 Å². The minimum atomic E-state index is -0.549. The number of esters is 1. The molecule has 1 rings (SSSR count). The molecule has 1 aromatic heterocycles. The van der Waals surface area contributed by atoms with Crippen molar-refractivity contribution in [3.63, 3.8) is 0 Å². The Kier molecular flexibility index (Phi) is 4.05. The molecule has 0 aliphatic rings. The van der Waals surface area contributed by atoms with Crippen LogP contribution >= 0.6 is 11.3 Å². The van der Waals surface area contributed by atoms with Crippen LogP contribution in [0.3, 0.4) is 0 Å². The van der Waals surface area contributed by atoms with Crippen molar-refractivity contribution in [1.29, 1.82) is 0 Å². The number of carbonyl (C=O) groups excluding carboxylic acids is 2. The molecule has 0 amide bonds. The van der Waals surface area contributed by atoms with Gasteiger partial charge in [0.25, 0.3) is 0 Å². The molecule has 0 N–H and O–H groups in total. The molecule has 0 aliphatic heterocycles. The van der Waals surface area contributed by atoms with Gasteiger partial charge in [0.1, 0.15) is 0 Å². The van der Waals surface area contributed by atoms with Gasteiger partial charge >= 0.3 is 5.97 Å². The minimum Gasteiger partial charge on any atom is -0.487 e. The average Bonchev–Trinajstić information content (AvgIpc) is 2.73. The number of allylic oxidation sites excluding steroid dienone is 1. The number of ketones is 1. The highest BCUT2D eigenvalue weighted by Gasteiger charge is 2.06. The zero-order chi connectivity index (χ0) is 11.3. The molecular formula is C10H10O4S. The standard InChI is InChI=1S/C10H10O4S/c1-13-9(12)5-3-7(11)8-4-6-10(14-2)15-8/h3-6H,1-2H3/b5-3+. The van der Waals surface area contributed by atoms with E-state index >= 15 is 0 Å². The van der Waals surface area contributed by atoms with Crippen molar-refractivity contribution < 1.29 is 19.1 Å². The van der Waals surface area contributed by atoms with E-state index in [1.165, 1.54) is 31.6 Å². The van der Waals surface area contributed by atoms with Gasteiger partial charge < -0.3 is 9.47 Å². The normalized spacial score (nSPS) is 10.3. The van der Waals surface area contributed by atoms with Crippen LogP contribution in [0.15, 0.2) is 24.3 Å². The van der Waals surface area contributed by atoms with Crippen molar-refractivity contribution in [3.05, 3.63) is 29.2 Å². The Hall–Kier alpha value is -1.62. The van der Waals surface area contributed by atoms with Gasteiger partial charge in [-0.3, -0.25) is 4.79 Å². The quantitative estimate of drug-likeness (QED) is 0.445. The number of hydrogen-bond acceptors (Lipinski definition) is 5. The second-order valence-electron chi connectivity index (χ2n) is 2.54. The monoisotopic (exact) mass is 226 g/mol. The van der Waals surface area contributed by atoms with Crippen molar-refractivity contribution in [3.8, 4) is 5.06 Å². The number of thiophene rings is 1. The Labute approximate surface area is 91.1 Å². The van der Waals surface area contributed by atoms with E-state index in [1.807, 2.05) is 0 Å². The van der Waals surface area contributed by atoms with E-state index in [9.17, 15) is 9.59 Å². The van der Waals surface area contributed by atoms with Crippen LogP contribution in [-0.2, 0) is 9.53 Å². The summed E-state index contributed by atoms with van der Waals surface area (Å²) in [4.78, 5) is 22.7. The number of methoxy groups -OCH3 is 2. The lowest BCUT2D eigenvalue weighted by molar-refractivity contribution is -0.134. The van der Waals surface area contributed by atoms with Gasteiger partial charge in [0.2, 0.25) is 0 Å².